The normalized spacial score (nSPS) is 17.2. The molecule has 1 saturated heterocycles. The fourth-order valence-corrected chi connectivity index (χ4v) is 5.01. The number of carbonyl (C=O) groups is 1. The van der Waals surface area contributed by atoms with Crippen LogP contribution in [0.2, 0.25) is 0 Å². The molecule has 6 nitrogen and oxygen atoms in total. The smallest absolute Gasteiger partial charge is 0.273 e. The van der Waals surface area contributed by atoms with Crippen molar-refractivity contribution in [3.8, 4) is 9.88 Å². The van der Waals surface area contributed by atoms with Crippen molar-refractivity contribution in [1.82, 2.24) is 24.5 Å². The molecule has 26 heavy (non-hydrogen) atoms. The summed E-state index contributed by atoms with van der Waals surface area (Å²) in [6.07, 6.45) is 3.80. The van der Waals surface area contributed by atoms with Crippen molar-refractivity contribution < 1.29 is 4.79 Å². The maximum Gasteiger partial charge on any atom is 0.273 e. The molecule has 0 unspecified atom stereocenters. The van der Waals surface area contributed by atoms with E-state index in [9.17, 15) is 4.79 Å². The van der Waals surface area contributed by atoms with Crippen molar-refractivity contribution in [3.05, 3.63) is 58.8 Å². The molecule has 5 rings (SSSR count). The molecule has 1 fully saturated rings. The highest BCUT2D eigenvalue weighted by molar-refractivity contribution is 7.20. The van der Waals surface area contributed by atoms with E-state index in [-0.39, 0.29) is 11.9 Å². The lowest BCUT2D eigenvalue weighted by Crippen LogP contribution is -2.31. The predicted molar refractivity (Wildman–Crippen MR) is 101 cm³/mol. The lowest BCUT2D eigenvalue weighted by molar-refractivity contribution is 0.0724. The summed E-state index contributed by atoms with van der Waals surface area (Å²) in [5.74, 6) is 0.791. The summed E-state index contributed by atoms with van der Waals surface area (Å²) < 4.78 is 1.97. The van der Waals surface area contributed by atoms with Gasteiger partial charge in [0.05, 0.1) is 10.9 Å². The summed E-state index contributed by atoms with van der Waals surface area (Å²) in [4.78, 5) is 20.6. The van der Waals surface area contributed by atoms with Crippen LogP contribution in [0.3, 0.4) is 0 Å². The van der Waals surface area contributed by atoms with Gasteiger partial charge in [0.2, 0.25) is 0 Å². The van der Waals surface area contributed by atoms with Crippen LogP contribution >= 0.6 is 22.7 Å². The zero-order valence-electron chi connectivity index (χ0n) is 13.8. The van der Waals surface area contributed by atoms with Crippen molar-refractivity contribution in [2.45, 2.75) is 18.9 Å². The van der Waals surface area contributed by atoms with Crippen LogP contribution in [-0.4, -0.2) is 36.9 Å². The van der Waals surface area contributed by atoms with Gasteiger partial charge in [-0.1, -0.05) is 12.1 Å². The standard InChI is InChI=1S/C18H15N5OS2/c24-18(12-11-26-17(19-12)14-6-4-10-25-14)22-9-3-5-13(22)16-21-20-15-7-1-2-8-23(15)16/h1-2,4,6-8,10-11,13H,3,5,9H2/t13-/m0/s1. The summed E-state index contributed by atoms with van der Waals surface area (Å²) in [6, 6.07) is 9.77. The molecule has 8 heteroatoms. The van der Waals surface area contributed by atoms with Crippen LogP contribution in [-0.2, 0) is 0 Å². The first-order chi connectivity index (χ1) is 12.8. The molecule has 0 radical (unpaired) electrons. The number of likely N-dealkylation sites (tertiary alicyclic amines) is 1. The number of hydrogen-bond acceptors (Lipinski definition) is 6. The molecule has 4 aromatic rings. The fraction of sp³-hybridized carbons (Fsp3) is 0.222. The molecule has 0 spiro atoms. The van der Waals surface area contributed by atoms with E-state index in [0.717, 1.165) is 40.7 Å². The number of hydrogen-bond donors (Lipinski definition) is 0. The summed E-state index contributed by atoms with van der Waals surface area (Å²) in [6.45, 7) is 0.719. The summed E-state index contributed by atoms with van der Waals surface area (Å²) in [5.41, 5.74) is 1.31. The lowest BCUT2D eigenvalue weighted by atomic mass is 10.2. The van der Waals surface area contributed by atoms with Gasteiger partial charge in [-0.3, -0.25) is 9.20 Å². The van der Waals surface area contributed by atoms with Gasteiger partial charge in [0.1, 0.15) is 10.7 Å². The van der Waals surface area contributed by atoms with Gasteiger partial charge in [0, 0.05) is 18.1 Å². The minimum absolute atomic E-state index is 0.0285. The van der Waals surface area contributed by atoms with E-state index in [4.69, 9.17) is 0 Å². The molecule has 4 aromatic heterocycles. The number of amides is 1. The molecular formula is C18H15N5OS2. The van der Waals surface area contributed by atoms with E-state index in [1.54, 1.807) is 11.3 Å². The molecule has 1 atom stereocenters. The average Bonchev–Trinajstić information content (AvgIpc) is 3.47. The van der Waals surface area contributed by atoms with Crippen LogP contribution in [0.15, 0.2) is 47.3 Å². The lowest BCUT2D eigenvalue weighted by Gasteiger charge is -2.22. The third kappa shape index (κ3) is 2.53. The SMILES string of the molecule is O=C(c1csc(-c2cccs2)n1)N1CCC[C@H]1c1nnc2ccccn12. The van der Waals surface area contributed by atoms with Crippen molar-refractivity contribution in [3.63, 3.8) is 0 Å². The number of carbonyl (C=O) groups excluding carboxylic acids is 1. The molecule has 5 heterocycles. The van der Waals surface area contributed by atoms with Gasteiger partial charge in [-0.05, 0) is 36.4 Å². The van der Waals surface area contributed by atoms with Crippen LogP contribution in [0.5, 0.6) is 0 Å². The number of rotatable bonds is 3. The number of thiazole rings is 1. The quantitative estimate of drug-likeness (QED) is 0.540. The van der Waals surface area contributed by atoms with Gasteiger partial charge in [-0.25, -0.2) is 4.98 Å². The summed E-state index contributed by atoms with van der Waals surface area (Å²) in [7, 11) is 0. The highest BCUT2D eigenvalue weighted by Crippen LogP contribution is 2.34. The highest BCUT2D eigenvalue weighted by Gasteiger charge is 2.34. The number of aromatic nitrogens is 4. The third-order valence-corrected chi connectivity index (χ3v) is 6.49. The third-order valence-electron chi connectivity index (χ3n) is 4.61. The minimum Gasteiger partial charge on any atom is -0.327 e. The Labute approximate surface area is 157 Å². The molecule has 0 N–H and O–H groups in total. The van der Waals surface area contributed by atoms with Crippen LogP contribution < -0.4 is 0 Å². The van der Waals surface area contributed by atoms with E-state index in [1.807, 2.05) is 56.6 Å². The van der Waals surface area contributed by atoms with Crippen LogP contribution in [0.1, 0.15) is 35.2 Å². The van der Waals surface area contributed by atoms with Gasteiger partial charge < -0.3 is 4.90 Å². The Bertz CT molecular complexity index is 1070. The van der Waals surface area contributed by atoms with Crippen molar-refractivity contribution >= 4 is 34.2 Å². The average molecular weight is 381 g/mol. The van der Waals surface area contributed by atoms with Crippen LogP contribution in [0.4, 0.5) is 0 Å². The molecule has 130 valence electrons. The fourth-order valence-electron chi connectivity index (χ4n) is 3.40. The Morgan fingerprint density at radius 3 is 3.00 bits per heavy atom. The molecule has 0 bridgehead atoms. The van der Waals surface area contributed by atoms with Crippen molar-refractivity contribution in [2.24, 2.45) is 0 Å². The number of fused-ring (bicyclic) bond motifs is 1. The first kappa shape index (κ1) is 15.7. The maximum atomic E-state index is 13.1. The van der Waals surface area contributed by atoms with Gasteiger partial charge in [0.25, 0.3) is 5.91 Å². The first-order valence-electron chi connectivity index (χ1n) is 8.41. The Hall–Kier alpha value is -2.58. The largest absolute Gasteiger partial charge is 0.327 e. The second-order valence-corrected chi connectivity index (χ2v) is 7.96. The van der Waals surface area contributed by atoms with E-state index in [0.29, 0.717) is 5.69 Å². The molecule has 1 aliphatic heterocycles. The first-order valence-corrected chi connectivity index (χ1v) is 10.2. The predicted octanol–water partition coefficient (Wildman–Crippen LogP) is 3.89. The molecule has 1 aliphatic rings. The topological polar surface area (TPSA) is 63.4 Å². The molecular weight excluding hydrogens is 366 g/mol. The monoisotopic (exact) mass is 381 g/mol. The second kappa shape index (κ2) is 6.30. The van der Waals surface area contributed by atoms with Crippen molar-refractivity contribution in [1.29, 1.82) is 0 Å². The summed E-state index contributed by atoms with van der Waals surface area (Å²) in [5, 5.41) is 13.4. The highest BCUT2D eigenvalue weighted by atomic mass is 32.1. The van der Waals surface area contributed by atoms with Gasteiger partial charge in [-0.2, -0.15) is 0 Å². The molecule has 0 aromatic carbocycles. The summed E-state index contributed by atoms with van der Waals surface area (Å²) >= 11 is 3.15. The van der Waals surface area contributed by atoms with Crippen molar-refractivity contribution in [2.75, 3.05) is 6.54 Å². The van der Waals surface area contributed by atoms with E-state index in [2.05, 4.69) is 15.2 Å². The number of pyridine rings is 1. The minimum atomic E-state index is -0.0632. The zero-order valence-corrected chi connectivity index (χ0v) is 15.4. The van der Waals surface area contributed by atoms with Crippen LogP contribution in [0.25, 0.3) is 15.5 Å². The Morgan fingerprint density at radius 2 is 2.12 bits per heavy atom. The molecule has 0 aliphatic carbocycles. The Kier molecular flexibility index (Phi) is 3.79. The van der Waals surface area contributed by atoms with E-state index in [1.165, 1.54) is 11.3 Å². The molecule has 1 amide bonds. The Morgan fingerprint density at radius 1 is 1.15 bits per heavy atom. The Balaban J connectivity index is 1.46. The maximum absolute atomic E-state index is 13.1. The number of nitrogens with zero attached hydrogens (tertiary/aromatic N) is 5. The van der Waals surface area contributed by atoms with Crippen LogP contribution in [0, 0.1) is 0 Å². The van der Waals surface area contributed by atoms with Gasteiger partial charge in [0.15, 0.2) is 11.5 Å². The number of thiophene rings is 1. The van der Waals surface area contributed by atoms with E-state index < -0.39 is 0 Å². The van der Waals surface area contributed by atoms with E-state index >= 15 is 0 Å². The second-order valence-electron chi connectivity index (χ2n) is 6.16. The molecule has 0 saturated carbocycles. The van der Waals surface area contributed by atoms with Gasteiger partial charge >= 0.3 is 0 Å². The van der Waals surface area contributed by atoms with Gasteiger partial charge in [-0.15, -0.1) is 32.9 Å². The zero-order chi connectivity index (χ0) is 17.5.